The molecule has 1 aliphatic heterocycles. The predicted molar refractivity (Wildman–Crippen MR) is 123 cm³/mol. The van der Waals surface area contributed by atoms with Gasteiger partial charge in [0.15, 0.2) is 0 Å². The van der Waals surface area contributed by atoms with Crippen molar-refractivity contribution in [1.82, 2.24) is 19.2 Å². The third-order valence-corrected chi connectivity index (χ3v) is 8.58. The molecule has 7 nitrogen and oxygen atoms in total. The Kier molecular flexibility index (Phi) is 6.74. The topological polar surface area (TPSA) is 84.3 Å². The molecule has 1 fully saturated rings. The van der Waals surface area contributed by atoms with Crippen LogP contribution in [0.1, 0.15) is 36.4 Å². The molecule has 1 aliphatic rings. The van der Waals surface area contributed by atoms with E-state index in [1.165, 1.54) is 4.88 Å². The summed E-state index contributed by atoms with van der Waals surface area (Å²) in [4.78, 5) is 18.4. The van der Waals surface area contributed by atoms with Crippen molar-refractivity contribution < 1.29 is 13.2 Å². The highest BCUT2D eigenvalue weighted by atomic mass is 32.2. The number of carbonyl (C=O) groups excluding carboxylic acids is 1. The van der Waals surface area contributed by atoms with Gasteiger partial charge in [-0.2, -0.15) is 4.31 Å². The highest BCUT2D eigenvalue weighted by Gasteiger charge is 2.26. The number of aromatic nitrogens is 2. The van der Waals surface area contributed by atoms with Crippen LogP contribution in [0.25, 0.3) is 11.0 Å². The van der Waals surface area contributed by atoms with Gasteiger partial charge in [-0.25, -0.2) is 13.4 Å². The number of fused-ring (bicyclic) bond motifs is 1. The highest BCUT2D eigenvalue weighted by Crippen LogP contribution is 2.24. The molecule has 0 unspecified atom stereocenters. The summed E-state index contributed by atoms with van der Waals surface area (Å²) >= 11 is 1.69. The van der Waals surface area contributed by atoms with Gasteiger partial charge >= 0.3 is 0 Å². The van der Waals surface area contributed by atoms with E-state index in [2.05, 4.69) is 16.4 Å². The van der Waals surface area contributed by atoms with Gasteiger partial charge in [-0.1, -0.05) is 12.5 Å². The number of carbonyl (C=O) groups is 1. The second-order valence-electron chi connectivity index (χ2n) is 7.88. The summed E-state index contributed by atoms with van der Waals surface area (Å²) in [5, 5.41) is 4.99. The van der Waals surface area contributed by atoms with E-state index in [-0.39, 0.29) is 10.8 Å². The minimum Gasteiger partial charge on any atom is -0.356 e. The summed E-state index contributed by atoms with van der Waals surface area (Å²) in [5.74, 6) is 0.771. The van der Waals surface area contributed by atoms with Crippen LogP contribution in [-0.2, 0) is 34.7 Å². The lowest BCUT2D eigenvalue weighted by Gasteiger charge is -2.25. The Hall–Kier alpha value is -2.23. The predicted octanol–water partition coefficient (Wildman–Crippen LogP) is 3.10. The first-order valence-electron chi connectivity index (χ1n) is 10.7. The Morgan fingerprint density at radius 3 is 2.71 bits per heavy atom. The molecule has 0 spiro atoms. The molecule has 166 valence electrons. The van der Waals surface area contributed by atoms with Crippen LogP contribution in [0.4, 0.5) is 0 Å². The van der Waals surface area contributed by atoms with Crippen LogP contribution in [0, 0.1) is 0 Å². The monoisotopic (exact) mass is 460 g/mol. The lowest BCUT2D eigenvalue weighted by Crippen LogP contribution is -2.35. The van der Waals surface area contributed by atoms with Crippen molar-refractivity contribution in [2.45, 2.75) is 43.4 Å². The van der Waals surface area contributed by atoms with Gasteiger partial charge in [0.25, 0.3) is 0 Å². The van der Waals surface area contributed by atoms with Crippen molar-refractivity contribution in [2.24, 2.45) is 7.05 Å². The molecule has 1 N–H and O–H groups in total. The standard InChI is InChI=1S/C22H28N4O3S2/c1-25-20-8-7-18(31(28,29)26-13-3-2-4-14-26)16-19(20)24-21(25)9-10-22(27)23-12-11-17-6-5-15-30-17/h5-8,15-16H,2-4,9-14H2,1H3,(H,23,27). The second-order valence-corrected chi connectivity index (χ2v) is 10.9. The summed E-state index contributed by atoms with van der Waals surface area (Å²) in [6.07, 6.45) is 4.58. The van der Waals surface area contributed by atoms with Crippen molar-refractivity contribution in [3.63, 3.8) is 0 Å². The van der Waals surface area contributed by atoms with E-state index in [1.807, 2.05) is 29.1 Å². The van der Waals surface area contributed by atoms with Gasteiger partial charge in [-0.15, -0.1) is 11.3 Å². The van der Waals surface area contributed by atoms with E-state index < -0.39 is 10.0 Å². The SMILES string of the molecule is Cn1c(CCC(=O)NCCc2cccs2)nc2cc(S(=O)(=O)N3CCCCC3)ccc21. The van der Waals surface area contributed by atoms with E-state index in [0.717, 1.165) is 37.0 Å². The first-order valence-corrected chi connectivity index (χ1v) is 13.0. The molecule has 0 bridgehead atoms. The number of hydrogen-bond donors (Lipinski definition) is 1. The van der Waals surface area contributed by atoms with Gasteiger partial charge in [0.05, 0.1) is 15.9 Å². The zero-order valence-electron chi connectivity index (χ0n) is 17.7. The largest absolute Gasteiger partial charge is 0.356 e. The smallest absolute Gasteiger partial charge is 0.243 e. The third kappa shape index (κ3) is 4.99. The van der Waals surface area contributed by atoms with Crippen molar-refractivity contribution in [3.05, 3.63) is 46.4 Å². The minimum atomic E-state index is -3.49. The zero-order valence-corrected chi connectivity index (χ0v) is 19.3. The van der Waals surface area contributed by atoms with Crippen molar-refractivity contribution in [1.29, 1.82) is 0 Å². The quantitative estimate of drug-likeness (QED) is 0.560. The lowest BCUT2D eigenvalue weighted by atomic mass is 10.2. The molecule has 0 atom stereocenters. The molecular weight excluding hydrogens is 432 g/mol. The van der Waals surface area contributed by atoms with E-state index in [0.29, 0.717) is 38.0 Å². The number of benzene rings is 1. The first-order chi connectivity index (χ1) is 14.9. The molecular formula is C22H28N4O3S2. The molecule has 9 heteroatoms. The number of thiophene rings is 1. The van der Waals surface area contributed by atoms with Crippen LogP contribution in [0.3, 0.4) is 0 Å². The Morgan fingerprint density at radius 1 is 1.16 bits per heavy atom. The first kappa shape index (κ1) is 22.0. The molecule has 2 aromatic heterocycles. The average molecular weight is 461 g/mol. The maximum Gasteiger partial charge on any atom is 0.243 e. The van der Waals surface area contributed by atoms with Crippen LogP contribution in [0.2, 0.25) is 0 Å². The molecule has 1 saturated heterocycles. The van der Waals surface area contributed by atoms with Crippen LogP contribution in [0.15, 0.2) is 40.6 Å². The number of amides is 1. The fraction of sp³-hybridized carbons (Fsp3) is 0.455. The van der Waals surface area contributed by atoms with Gasteiger partial charge in [0.2, 0.25) is 15.9 Å². The Balaban J connectivity index is 1.41. The van der Waals surface area contributed by atoms with Gasteiger partial charge in [-0.3, -0.25) is 4.79 Å². The van der Waals surface area contributed by atoms with Crippen molar-refractivity contribution in [3.8, 4) is 0 Å². The number of nitrogens with one attached hydrogen (secondary N) is 1. The summed E-state index contributed by atoms with van der Waals surface area (Å²) in [5.41, 5.74) is 1.51. The van der Waals surface area contributed by atoms with E-state index in [1.54, 1.807) is 27.8 Å². The number of sulfonamides is 1. The number of nitrogens with zero attached hydrogens (tertiary/aromatic N) is 3. The molecule has 1 amide bonds. The van der Waals surface area contributed by atoms with E-state index in [4.69, 9.17) is 0 Å². The van der Waals surface area contributed by atoms with Gasteiger partial charge in [0.1, 0.15) is 5.82 Å². The highest BCUT2D eigenvalue weighted by molar-refractivity contribution is 7.89. The molecule has 0 radical (unpaired) electrons. The fourth-order valence-electron chi connectivity index (χ4n) is 3.96. The number of rotatable bonds is 8. The Bertz CT molecular complexity index is 1150. The second kappa shape index (κ2) is 9.50. The molecule has 1 aromatic carbocycles. The van der Waals surface area contributed by atoms with Gasteiger partial charge in [-0.05, 0) is 48.9 Å². The third-order valence-electron chi connectivity index (χ3n) is 5.75. The van der Waals surface area contributed by atoms with Crippen LogP contribution in [0.5, 0.6) is 0 Å². The zero-order chi connectivity index (χ0) is 21.8. The number of piperidine rings is 1. The van der Waals surface area contributed by atoms with Gasteiger partial charge < -0.3 is 9.88 Å². The number of hydrogen-bond acceptors (Lipinski definition) is 5. The van der Waals surface area contributed by atoms with Crippen molar-refractivity contribution in [2.75, 3.05) is 19.6 Å². The maximum atomic E-state index is 13.0. The van der Waals surface area contributed by atoms with Crippen LogP contribution in [-0.4, -0.2) is 47.8 Å². The number of imidazole rings is 1. The number of aryl methyl sites for hydroxylation is 2. The fourth-order valence-corrected chi connectivity index (χ4v) is 6.21. The molecule has 0 saturated carbocycles. The lowest BCUT2D eigenvalue weighted by molar-refractivity contribution is -0.121. The van der Waals surface area contributed by atoms with E-state index >= 15 is 0 Å². The summed E-state index contributed by atoms with van der Waals surface area (Å²) in [7, 11) is -1.59. The summed E-state index contributed by atoms with van der Waals surface area (Å²) in [6, 6.07) is 9.20. The summed E-state index contributed by atoms with van der Waals surface area (Å²) < 4.78 is 29.4. The minimum absolute atomic E-state index is 0.00280. The van der Waals surface area contributed by atoms with Crippen molar-refractivity contribution >= 4 is 38.3 Å². The average Bonchev–Trinajstić information content (AvgIpc) is 3.40. The van der Waals surface area contributed by atoms with Crippen LogP contribution < -0.4 is 5.32 Å². The molecule has 31 heavy (non-hydrogen) atoms. The van der Waals surface area contributed by atoms with Gasteiger partial charge in [0, 0.05) is 44.4 Å². The Morgan fingerprint density at radius 2 is 1.97 bits per heavy atom. The Labute approximate surface area is 187 Å². The molecule has 3 heterocycles. The maximum absolute atomic E-state index is 13.0. The van der Waals surface area contributed by atoms with E-state index in [9.17, 15) is 13.2 Å². The molecule has 0 aliphatic carbocycles. The van der Waals surface area contributed by atoms with Crippen LogP contribution >= 0.6 is 11.3 Å². The molecule has 3 aromatic rings. The molecule has 4 rings (SSSR count). The normalized spacial score (nSPS) is 15.4. The summed E-state index contributed by atoms with van der Waals surface area (Å²) in [6.45, 7) is 1.78.